The topological polar surface area (TPSA) is 150 Å². The third-order valence-corrected chi connectivity index (χ3v) is 1.61. The highest BCUT2D eigenvalue weighted by molar-refractivity contribution is 7.83. The zero-order valence-corrected chi connectivity index (χ0v) is 8.70. The number of hydrogen-bond donors (Lipinski definition) is 5. The van der Waals surface area contributed by atoms with E-state index >= 15 is 0 Å². The number of hydrogen-bond acceptors (Lipinski definition) is 6. The molecule has 4 atom stereocenters. The molecule has 0 bridgehead atoms. The average Bonchev–Trinajstić information content (AvgIpc) is 2.05. The van der Waals surface area contributed by atoms with Crippen molar-refractivity contribution in [1.82, 2.24) is 0 Å². The average molecular weight is 244 g/mol. The van der Waals surface area contributed by atoms with Crippen LogP contribution in [0.15, 0.2) is 0 Å². The maximum atomic E-state index is 9.06. The summed E-state index contributed by atoms with van der Waals surface area (Å²) in [5.41, 5.74) is 0. The molecule has 15 heavy (non-hydrogen) atoms. The molecule has 0 aliphatic carbocycles. The van der Waals surface area contributed by atoms with E-state index in [2.05, 4.69) is 5.14 Å². The maximum Gasteiger partial charge on any atom is 0.330 e. The van der Waals surface area contributed by atoms with Gasteiger partial charge in [0.15, 0.2) is 0 Å². The molecular formula is C6H14NO7S. The molecular weight excluding hydrogens is 230 g/mol. The Hall–Kier alpha value is -0.290. The minimum Gasteiger partial charge on any atom is -0.388 e. The van der Waals surface area contributed by atoms with Gasteiger partial charge in [-0.15, -0.1) is 0 Å². The van der Waals surface area contributed by atoms with E-state index in [1.54, 1.807) is 6.92 Å². The van der Waals surface area contributed by atoms with E-state index in [0.29, 0.717) is 0 Å². The van der Waals surface area contributed by atoms with E-state index in [-0.39, 0.29) is 0 Å². The third-order valence-electron chi connectivity index (χ3n) is 1.61. The molecule has 1 aliphatic rings. The van der Waals surface area contributed by atoms with Crippen LogP contribution in [0.2, 0.25) is 0 Å². The molecule has 1 rings (SSSR count). The van der Waals surface area contributed by atoms with Crippen molar-refractivity contribution in [3.05, 3.63) is 6.61 Å². The second-order valence-electron chi connectivity index (χ2n) is 2.96. The van der Waals surface area contributed by atoms with Crippen molar-refractivity contribution in [3.8, 4) is 0 Å². The molecule has 0 saturated carbocycles. The third kappa shape index (κ3) is 6.73. The van der Waals surface area contributed by atoms with E-state index in [0.717, 1.165) is 6.61 Å². The SMILES string of the molecule is C[C@H]1O[CH][C@H](O)[C@@H](O)[C@@H]1O.NS(=O)(=O)O. The van der Waals surface area contributed by atoms with E-state index in [1.807, 2.05) is 0 Å². The summed E-state index contributed by atoms with van der Waals surface area (Å²) >= 11 is 0. The molecule has 1 aliphatic heterocycles. The van der Waals surface area contributed by atoms with Crippen LogP contribution < -0.4 is 5.14 Å². The van der Waals surface area contributed by atoms with Crippen molar-refractivity contribution in [2.75, 3.05) is 0 Å². The van der Waals surface area contributed by atoms with E-state index in [9.17, 15) is 0 Å². The first-order valence-electron chi connectivity index (χ1n) is 3.91. The lowest BCUT2D eigenvalue weighted by Gasteiger charge is -2.32. The summed E-state index contributed by atoms with van der Waals surface area (Å²) in [6.07, 6.45) is -3.65. The highest BCUT2D eigenvalue weighted by atomic mass is 32.2. The van der Waals surface area contributed by atoms with Gasteiger partial charge < -0.3 is 20.1 Å². The summed E-state index contributed by atoms with van der Waals surface area (Å²) in [4.78, 5) is 0. The summed E-state index contributed by atoms with van der Waals surface area (Å²) in [5.74, 6) is 0. The molecule has 9 heteroatoms. The van der Waals surface area contributed by atoms with E-state index in [1.165, 1.54) is 0 Å². The van der Waals surface area contributed by atoms with Crippen LogP contribution in [0.5, 0.6) is 0 Å². The first-order valence-corrected chi connectivity index (χ1v) is 5.41. The van der Waals surface area contributed by atoms with Crippen molar-refractivity contribution >= 4 is 10.3 Å². The Morgan fingerprint density at radius 1 is 1.27 bits per heavy atom. The molecule has 8 nitrogen and oxygen atoms in total. The Balaban J connectivity index is 0.000000336. The van der Waals surface area contributed by atoms with Gasteiger partial charge in [0.05, 0.1) is 6.10 Å². The fourth-order valence-electron chi connectivity index (χ4n) is 0.845. The molecule has 0 aromatic heterocycles. The number of ether oxygens (including phenoxy) is 1. The second kappa shape index (κ2) is 5.70. The minimum atomic E-state index is -4.17. The predicted octanol–water partition coefficient (Wildman–Crippen LogP) is -2.60. The highest BCUT2D eigenvalue weighted by Crippen LogP contribution is 2.17. The number of rotatable bonds is 0. The quantitative estimate of drug-likeness (QED) is 0.293. The standard InChI is InChI=1S/C6H11O4.H3NO3S/c1-3-5(8)6(9)4(7)2-10-3;1-5(2,3)4/h2-9H,1H3;(H3,1,2,3,4)/t3-,4+,5-,6-;/m1./s1. The Morgan fingerprint density at radius 2 is 1.67 bits per heavy atom. The fourth-order valence-corrected chi connectivity index (χ4v) is 0.845. The van der Waals surface area contributed by atoms with Crippen LogP contribution in [0.3, 0.4) is 0 Å². The summed E-state index contributed by atoms with van der Waals surface area (Å²) < 4.78 is 30.0. The minimum absolute atomic E-state index is 0.446. The van der Waals surface area contributed by atoms with Crippen LogP contribution in [0.4, 0.5) is 0 Å². The Bertz CT molecular complexity index is 257. The van der Waals surface area contributed by atoms with Gasteiger partial charge in [0.25, 0.3) is 0 Å². The molecule has 1 saturated heterocycles. The van der Waals surface area contributed by atoms with Gasteiger partial charge in [-0.2, -0.15) is 8.42 Å². The number of aliphatic hydroxyl groups excluding tert-OH is 3. The van der Waals surface area contributed by atoms with Gasteiger partial charge in [-0.3, -0.25) is 4.55 Å². The summed E-state index contributed by atoms with van der Waals surface area (Å²) in [6.45, 7) is 2.75. The molecule has 0 spiro atoms. The summed E-state index contributed by atoms with van der Waals surface area (Å²) in [6, 6.07) is 0. The normalized spacial score (nSPS) is 36.7. The van der Waals surface area contributed by atoms with E-state index in [4.69, 9.17) is 33.0 Å². The first kappa shape index (κ1) is 14.7. The maximum absolute atomic E-state index is 9.06. The van der Waals surface area contributed by atoms with Gasteiger partial charge in [0.1, 0.15) is 24.9 Å². The Labute approximate surface area is 87.2 Å². The molecule has 91 valence electrons. The molecule has 6 N–H and O–H groups in total. The molecule has 0 aromatic rings. The van der Waals surface area contributed by atoms with Crippen LogP contribution >= 0.6 is 0 Å². The first-order chi connectivity index (χ1) is 6.63. The van der Waals surface area contributed by atoms with Crippen molar-refractivity contribution in [3.63, 3.8) is 0 Å². The Morgan fingerprint density at radius 3 is 2.00 bits per heavy atom. The molecule has 0 amide bonds. The summed E-state index contributed by atoms with van der Waals surface area (Å²) in [7, 11) is -4.17. The number of aliphatic hydroxyl groups is 3. The lowest BCUT2D eigenvalue weighted by molar-refractivity contribution is -0.155. The molecule has 0 aromatic carbocycles. The second-order valence-corrected chi connectivity index (χ2v) is 3.99. The molecule has 1 radical (unpaired) electrons. The molecule has 1 heterocycles. The Kier molecular flexibility index (Phi) is 5.59. The predicted molar refractivity (Wildman–Crippen MR) is 48.6 cm³/mol. The van der Waals surface area contributed by atoms with Gasteiger partial charge in [0.2, 0.25) is 0 Å². The monoisotopic (exact) mass is 244 g/mol. The van der Waals surface area contributed by atoms with Gasteiger partial charge in [-0.1, -0.05) is 0 Å². The van der Waals surface area contributed by atoms with Gasteiger partial charge in [-0.05, 0) is 6.92 Å². The molecule has 0 unspecified atom stereocenters. The van der Waals surface area contributed by atoms with Gasteiger partial charge in [0, 0.05) is 0 Å². The van der Waals surface area contributed by atoms with Crippen LogP contribution in [-0.2, 0) is 15.0 Å². The largest absolute Gasteiger partial charge is 0.388 e. The fraction of sp³-hybridized carbons (Fsp3) is 0.833. The zero-order chi connectivity index (χ0) is 12.2. The van der Waals surface area contributed by atoms with Crippen molar-refractivity contribution < 1.29 is 33.0 Å². The molecule has 1 fully saturated rings. The van der Waals surface area contributed by atoms with Crippen LogP contribution in [0, 0.1) is 6.61 Å². The highest BCUT2D eigenvalue weighted by Gasteiger charge is 2.35. The summed E-state index contributed by atoms with van der Waals surface area (Å²) in [5, 5.41) is 30.8. The van der Waals surface area contributed by atoms with Crippen LogP contribution in [0.1, 0.15) is 6.92 Å². The van der Waals surface area contributed by atoms with Crippen molar-refractivity contribution in [2.24, 2.45) is 5.14 Å². The van der Waals surface area contributed by atoms with Crippen LogP contribution in [-0.4, -0.2) is 52.7 Å². The lowest BCUT2D eigenvalue weighted by atomic mass is 10.0. The lowest BCUT2D eigenvalue weighted by Crippen LogP contribution is -2.49. The van der Waals surface area contributed by atoms with Gasteiger partial charge in [-0.25, -0.2) is 5.14 Å². The van der Waals surface area contributed by atoms with E-state index < -0.39 is 34.7 Å². The van der Waals surface area contributed by atoms with Crippen LogP contribution in [0.25, 0.3) is 0 Å². The van der Waals surface area contributed by atoms with Crippen molar-refractivity contribution in [2.45, 2.75) is 31.3 Å². The smallest absolute Gasteiger partial charge is 0.330 e. The van der Waals surface area contributed by atoms with Gasteiger partial charge >= 0.3 is 10.3 Å². The van der Waals surface area contributed by atoms with Crippen molar-refractivity contribution in [1.29, 1.82) is 0 Å². The zero-order valence-electron chi connectivity index (χ0n) is 7.89. The number of nitrogens with two attached hydrogens (primary N) is 1.